The molecule has 2 nitrogen and oxygen atoms in total. The van der Waals surface area contributed by atoms with Gasteiger partial charge in [0.1, 0.15) is 10.5 Å². The zero-order valence-electron chi connectivity index (χ0n) is 10.4. The van der Waals surface area contributed by atoms with E-state index in [4.69, 9.17) is 11.6 Å². The van der Waals surface area contributed by atoms with Crippen LogP contribution in [0.15, 0.2) is 54.9 Å². The van der Waals surface area contributed by atoms with Gasteiger partial charge in [0, 0.05) is 16.8 Å². The largest absolute Gasteiger partial charge is 0.262 e. The summed E-state index contributed by atoms with van der Waals surface area (Å²) in [5, 5.41) is 4.07. The molecule has 0 N–H and O–H groups in total. The van der Waals surface area contributed by atoms with Crippen molar-refractivity contribution in [3.8, 4) is 10.6 Å². The normalized spacial score (nSPS) is 11.2. The number of rotatable bonds is 1. The van der Waals surface area contributed by atoms with Gasteiger partial charge in [-0.2, -0.15) is 0 Å². The van der Waals surface area contributed by atoms with Crippen LogP contribution in [-0.4, -0.2) is 9.97 Å². The van der Waals surface area contributed by atoms with Crippen molar-refractivity contribution < 1.29 is 0 Å². The number of halogens is 1. The van der Waals surface area contributed by atoms with Crippen LogP contribution in [-0.2, 0) is 0 Å². The SMILES string of the molecule is Clc1ccc2c(-c3nc4cnccc4s3)cccc2c1. The van der Waals surface area contributed by atoms with E-state index in [0.29, 0.717) is 0 Å². The van der Waals surface area contributed by atoms with Gasteiger partial charge in [-0.15, -0.1) is 11.3 Å². The van der Waals surface area contributed by atoms with Gasteiger partial charge in [-0.1, -0.05) is 35.9 Å². The zero-order valence-corrected chi connectivity index (χ0v) is 11.9. The predicted molar refractivity (Wildman–Crippen MR) is 85.4 cm³/mol. The van der Waals surface area contributed by atoms with Gasteiger partial charge in [0.2, 0.25) is 0 Å². The first-order valence-electron chi connectivity index (χ1n) is 6.20. The molecule has 0 radical (unpaired) electrons. The van der Waals surface area contributed by atoms with Gasteiger partial charge in [-0.05, 0) is 29.0 Å². The third-order valence-corrected chi connectivity index (χ3v) is 4.57. The van der Waals surface area contributed by atoms with E-state index in [9.17, 15) is 0 Å². The summed E-state index contributed by atoms with van der Waals surface area (Å²) in [7, 11) is 0. The summed E-state index contributed by atoms with van der Waals surface area (Å²) >= 11 is 7.75. The highest BCUT2D eigenvalue weighted by Crippen LogP contribution is 2.34. The molecule has 20 heavy (non-hydrogen) atoms. The molecule has 0 fully saturated rings. The Morgan fingerprint density at radius 3 is 2.90 bits per heavy atom. The first kappa shape index (κ1) is 11.8. The maximum atomic E-state index is 6.06. The lowest BCUT2D eigenvalue weighted by atomic mass is 10.1. The lowest BCUT2D eigenvalue weighted by Crippen LogP contribution is -1.80. The molecule has 0 amide bonds. The summed E-state index contributed by atoms with van der Waals surface area (Å²) in [6, 6.07) is 14.2. The average Bonchev–Trinajstić information content (AvgIpc) is 2.90. The summed E-state index contributed by atoms with van der Waals surface area (Å²) in [5.41, 5.74) is 2.08. The third-order valence-electron chi connectivity index (χ3n) is 3.26. The van der Waals surface area contributed by atoms with Crippen molar-refractivity contribution in [3.05, 3.63) is 59.9 Å². The Balaban J connectivity index is 2.01. The van der Waals surface area contributed by atoms with E-state index in [1.165, 1.54) is 5.39 Å². The van der Waals surface area contributed by atoms with E-state index in [-0.39, 0.29) is 0 Å². The minimum atomic E-state index is 0.753. The van der Waals surface area contributed by atoms with Gasteiger partial charge >= 0.3 is 0 Å². The highest BCUT2D eigenvalue weighted by molar-refractivity contribution is 7.21. The molecule has 2 heterocycles. The van der Waals surface area contributed by atoms with E-state index >= 15 is 0 Å². The van der Waals surface area contributed by atoms with Crippen LogP contribution in [0.4, 0.5) is 0 Å². The smallest absolute Gasteiger partial charge is 0.125 e. The summed E-state index contributed by atoms with van der Waals surface area (Å²) in [4.78, 5) is 8.80. The molecule has 0 saturated heterocycles. The first-order chi connectivity index (χ1) is 9.81. The van der Waals surface area contributed by atoms with Crippen LogP contribution in [0.5, 0.6) is 0 Å². The molecule has 4 heteroatoms. The minimum absolute atomic E-state index is 0.753. The van der Waals surface area contributed by atoms with Crippen molar-refractivity contribution in [2.24, 2.45) is 0 Å². The van der Waals surface area contributed by atoms with Crippen molar-refractivity contribution in [2.75, 3.05) is 0 Å². The standard InChI is InChI=1S/C16H9ClN2S/c17-11-4-5-12-10(8-11)2-1-3-13(12)16-19-14-9-18-7-6-15(14)20-16/h1-9H. The number of fused-ring (bicyclic) bond motifs is 2. The summed E-state index contributed by atoms with van der Waals surface area (Å²) < 4.78 is 1.15. The average molecular weight is 297 g/mol. The Hall–Kier alpha value is -1.97. The van der Waals surface area contributed by atoms with E-state index in [2.05, 4.69) is 28.2 Å². The number of benzene rings is 2. The van der Waals surface area contributed by atoms with Crippen molar-refractivity contribution >= 4 is 43.9 Å². The van der Waals surface area contributed by atoms with Crippen LogP contribution < -0.4 is 0 Å². The quantitative estimate of drug-likeness (QED) is 0.484. The monoisotopic (exact) mass is 296 g/mol. The van der Waals surface area contributed by atoms with Gasteiger partial charge in [0.05, 0.1) is 10.9 Å². The van der Waals surface area contributed by atoms with Crippen LogP contribution in [0.25, 0.3) is 31.6 Å². The molecule has 0 aliphatic heterocycles. The maximum Gasteiger partial charge on any atom is 0.125 e. The first-order valence-corrected chi connectivity index (χ1v) is 7.40. The van der Waals surface area contributed by atoms with Gasteiger partial charge in [0.25, 0.3) is 0 Å². The van der Waals surface area contributed by atoms with Crippen LogP contribution in [0, 0.1) is 0 Å². The molecule has 2 aromatic heterocycles. The molecule has 4 aromatic rings. The summed E-state index contributed by atoms with van der Waals surface area (Å²) in [6.07, 6.45) is 3.60. The van der Waals surface area contributed by atoms with Crippen LogP contribution >= 0.6 is 22.9 Å². The number of pyridine rings is 1. The topological polar surface area (TPSA) is 25.8 Å². The van der Waals surface area contributed by atoms with E-state index in [1.54, 1.807) is 23.7 Å². The Labute approximate surface area is 124 Å². The number of aromatic nitrogens is 2. The molecule has 0 atom stereocenters. The molecule has 0 unspecified atom stereocenters. The molecule has 0 spiro atoms. The Bertz CT molecular complexity index is 897. The lowest BCUT2D eigenvalue weighted by molar-refractivity contribution is 1.34. The molecule has 0 saturated carbocycles. The Morgan fingerprint density at radius 1 is 1.05 bits per heavy atom. The molecule has 0 aliphatic carbocycles. The summed E-state index contributed by atoms with van der Waals surface area (Å²) in [6.45, 7) is 0. The Morgan fingerprint density at radius 2 is 2.00 bits per heavy atom. The molecular weight excluding hydrogens is 288 g/mol. The van der Waals surface area contributed by atoms with Crippen LogP contribution in [0.2, 0.25) is 5.02 Å². The second kappa shape index (κ2) is 4.54. The van der Waals surface area contributed by atoms with Gasteiger partial charge in [-0.25, -0.2) is 4.98 Å². The van der Waals surface area contributed by atoms with Crippen molar-refractivity contribution in [1.82, 2.24) is 9.97 Å². The molecule has 0 bridgehead atoms. The summed E-state index contributed by atoms with van der Waals surface area (Å²) in [5.74, 6) is 0. The van der Waals surface area contributed by atoms with Crippen molar-refractivity contribution in [2.45, 2.75) is 0 Å². The lowest BCUT2D eigenvalue weighted by Gasteiger charge is -2.03. The minimum Gasteiger partial charge on any atom is -0.262 e. The number of hydrogen-bond acceptors (Lipinski definition) is 3. The third kappa shape index (κ3) is 1.87. The second-order valence-electron chi connectivity index (χ2n) is 4.53. The van der Waals surface area contributed by atoms with E-state index < -0.39 is 0 Å². The molecular formula is C16H9ClN2S. The molecule has 0 aliphatic rings. The predicted octanol–water partition coefficient (Wildman–Crippen LogP) is 5.16. The number of nitrogens with zero attached hydrogens (tertiary/aromatic N) is 2. The molecule has 4 rings (SSSR count). The fraction of sp³-hybridized carbons (Fsp3) is 0. The van der Waals surface area contributed by atoms with Gasteiger partial charge in [-0.3, -0.25) is 4.98 Å². The fourth-order valence-corrected chi connectivity index (χ4v) is 3.49. The van der Waals surface area contributed by atoms with Gasteiger partial charge in [0.15, 0.2) is 0 Å². The fourth-order valence-electron chi connectivity index (χ4n) is 2.34. The van der Waals surface area contributed by atoms with Crippen molar-refractivity contribution in [3.63, 3.8) is 0 Å². The zero-order chi connectivity index (χ0) is 13.5. The maximum absolute atomic E-state index is 6.06. The van der Waals surface area contributed by atoms with E-state index in [1.807, 2.05) is 24.3 Å². The number of thiazole rings is 1. The highest BCUT2D eigenvalue weighted by atomic mass is 35.5. The molecule has 2 aromatic carbocycles. The van der Waals surface area contributed by atoms with Crippen LogP contribution in [0.3, 0.4) is 0 Å². The molecule has 96 valence electrons. The van der Waals surface area contributed by atoms with Crippen molar-refractivity contribution in [1.29, 1.82) is 0 Å². The number of hydrogen-bond donors (Lipinski definition) is 0. The second-order valence-corrected chi connectivity index (χ2v) is 6.00. The van der Waals surface area contributed by atoms with Crippen LogP contribution in [0.1, 0.15) is 0 Å². The van der Waals surface area contributed by atoms with Gasteiger partial charge < -0.3 is 0 Å². The van der Waals surface area contributed by atoms with E-state index in [0.717, 1.165) is 31.2 Å². The highest BCUT2D eigenvalue weighted by Gasteiger charge is 2.09. The Kier molecular flexibility index (Phi) is 2.69.